The first-order valence-electron chi connectivity index (χ1n) is 10.6. The van der Waals surface area contributed by atoms with Crippen LogP contribution in [0.2, 0.25) is 0 Å². The molecule has 3 aromatic rings. The van der Waals surface area contributed by atoms with Crippen LogP contribution in [-0.4, -0.2) is 24.9 Å². The van der Waals surface area contributed by atoms with E-state index >= 15 is 0 Å². The van der Waals surface area contributed by atoms with Gasteiger partial charge in [-0.3, -0.25) is 9.59 Å². The Kier molecular flexibility index (Phi) is 7.12. The van der Waals surface area contributed by atoms with Crippen molar-refractivity contribution >= 4 is 29.2 Å². The van der Waals surface area contributed by atoms with Crippen LogP contribution in [-0.2, 0) is 10.2 Å². The molecule has 0 unspecified atom stereocenters. The van der Waals surface area contributed by atoms with Crippen LogP contribution in [0.15, 0.2) is 66.7 Å². The van der Waals surface area contributed by atoms with Gasteiger partial charge in [-0.05, 0) is 59.5 Å². The number of ether oxygens (including phenoxy) is 1. The Labute approximate surface area is 198 Å². The lowest BCUT2D eigenvalue weighted by Gasteiger charge is -2.19. The number of amides is 2. The topological polar surface area (TPSA) is 108 Å². The first-order chi connectivity index (χ1) is 16.1. The number of anilines is 2. The molecule has 0 fully saturated rings. The highest BCUT2D eigenvalue weighted by atomic mass is 16.5. The van der Waals surface area contributed by atoms with Crippen molar-refractivity contribution in [3.63, 3.8) is 0 Å². The maximum absolute atomic E-state index is 12.9. The summed E-state index contributed by atoms with van der Waals surface area (Å²) in [4.78, 5) is 37.7. The van der Waals surface area contributed by atoms with Gasteiger partial charge in [-0.1, -0.05) is 39.0 Å². The standard InChI is InChI=1S/C27H25N3O4/c1-27(2,3)21-11-8-18(9-12-21)24(31)30-23-15-20(26(33)34-4)10-13-22(23)29-25(32)19-7-5-6-17(14-19)16-28/h5-15H,1-4H3,(H,29,32)(H,30,31). The lowest BCUT2D eigenvalue weighted by atomic mass is 9.87. The second-order valence-corrected chi connectivity index (χ2v) is 8.68. The fraction of sp³-hybridized carbons (Fsp3) is 0.185. The average Bonchev–Trinajstić information content (AvgIpc) is 2.84. The normalized spacial score (nSPS) is 10.7. The second-order valence-electron chi connectivity index (χ2n) is 8.68. The van der Waals surface area contributed by atoms with E-state index in [4.69, 9.17) is 10.00 Å². The fourth-order valence-electron chi connectivity index (χ4n) is 3.24. The molecule has 0 aliphatic heterocycles. The van der Waals surface area contributed by atoms with Crippen LogP contribution in [0.3, 0.4) is 0 Å². The van der Waals surface area contributed by atoms with Crippen LogP contribution < -0.4 is 10.6 Å². The highest BCUT2D eigenvalue weighted by Crippen LogP contribution is 2.26. The molecule has 0 saturated heterocycles. The summed E-state index contributed by atoms with van der Waals surface area (Å²) < 4.78 is 4.77. The fourth-order valence-corrected chi connectivity index (χ4v) is 3.24. The van der Waals surface area contributed by atoms with Crippen LogP contribution >= 0.6 is 0 Å². The van der Waals surface area contributed by atoms with E-state index < -0.39 is 17.8 Å². The van der Waals surface area contributed by atoms with Crippen molar-refractivity contribution in [1.29, 1.82) is 5.26 Å². The summed E-state index contributed by atoms with van der Waals surface area (Å²) in [7, 11) is 1.26. The summed E-state index contributed by atoms with van der Waals surface area (Å²) >= 11 is 0. The molecular formula is C27H25N3O4. The summed E-state index contributed by atoms with van der Waals surface area (Å²) in [5, 5.41) is 14.6. The third-order valence-corrected chi connectivity index (χ3v) is 5.20. The summed E-state index contributed by atoms with van der Waals surface area (Å²) in [6, 6.07) is 19.9. The molecule has 2 N–H and O–H groups in total. The number of methoxy groups -OCH3 is 1. The number of benzene rings is 3. The van der Waals surface area contributed by atoms with Gasteiger partial charge in [0.25, 0.3) is 11.8 Å². The Morgan fingerprint density at radius 2 is 1.41 bits per heavy atom. The zero-order valence-electron chi connectivity index (χ0n) is 19.4. The molecule has 0 aliphatic rings. The molecule has 0 atom stereocenters. The number of esters is 1. The van der Waals surface area contributed by atoms with Gasteiger partial charge in [-0.15, -0.1) is 0 Å². The number of hydrogen-bond acceptors (Lipinski definition) is 5. The molecule has 34 heavy (non-hydrogen) atoms. The number of nitrogens with one attached hydrogen (secondary N) is 2. The largest absolute Gasteiger partial charge is 0.465 e. The third kappa shape index (κ3) is 5.67. The zero-order chi connectivity index (χ0) is 24.9. The van der Waals surface area contributed by atoms with Crippen molar-refractivity contribution in [3.8, 4) is 6.07 Å². The minimum atomic E-state index is -0.579. The highest BCUT2D eigenvalue weighted by molar-refractivity contribution is 6.10. The molecule has 0 bridgehead atoms. The number of hydrogen-bond donors (Lipinski definition) is 2. The van der Waals surface area contributed by atoms with Gasteiger partial charge in [-0.25, -0.2) is 4.79 Å². The summed E-state index contributed by atoms with van der Waals surface area (Å²) in [6.45, 7) is 6.25. The first kappa shape index (κ1) is 24.2. The Morgan fingerprint density at radius 1 is 0.794 bits per heavy atom. The molecule has 2 amide bonds. The van der Waals surface area contributed by atoms with E-state index in [1.165, 1.54) is 31.4 Å². The number of rotatable bonds is 5. The second kappa shape index (κ2) is 10.0. The highest BCUT2D eigenvalue weighted by Gasteiger charge is 2.17. The third-order valence-electron chi connectivity index (χ3n) is 5.20. The molecule has 0 aromatic heterocycles. The predicted octanol–water partition coefficient (Wildman–Crippen LogP) is 5.15. The van der Waals surface area contributed by atoms with E-state index in [-0.39, 0.29) is 22.2 Å². The van der Waals surface area contributed by atoms with Crippen molar-refractivity contribution in [3.05, 3.63) is 94.5 Å². The van der Waals surface area contributed by atoms with Crippen LogP contribution in [0, 0.1) is 11.3 Å². The van der Waals surface area contributed by atoms with E-state index in [0.29, 0.717) is 16.8 Å². The minimum Gasteiger partial charge on any atom is -0.465 e. The number of carbonyl (C=O) groups excluding carboxylic acids is 3. The Morgan fingerprint density at radius 3 is 2.03 bits per heavy atom. The van der Waals surface area contributed by atoms with Crippen LogP contribution in [0.25, 0.3) is 0 Å². The van der Waals surface area contributed by atoms with E-state index in [0.717, 1.165) is 5.56 Å². The molecule has 7 heteroatoms. The summed E-state index contributed by atoms with van der Waals surface area (Å²) in [5.41, 5.74) is 2.83. The molecule has 172 valence electrons. The molecule has 3 rings (SSSR count). The van der Waals surface area contributed by atoms with Gasteiger partial charge in [0.05, 0.1) is 35.7 Å². The number of nitriles is 1. The molecule has 3 aromatic carbocycles. The van der Waals surface area contributed by atoms with Gasteiger partial charge in [0.2, 0.25) is 0 Å². The Balaban J connectivity index is 1.91. The van der Waals surface area contributed by atoms with Gasteiger partial charge in [0.15, 0.2) is 0 Å². The smallest absolute Gasteiger partial charge is 0.337 e. The average molecular weight is 456 g/mol. The van der Waals surface area contributed by atoms with Crippen molar-refractivity contribution in [2.45, 2.75) is 26.2 Å². The first-order valence-corrected chi connectivity index (χ1v) is 10.6. The predicted molar refractivity (Wildman–Crippen MR) is 130 cm³/mol. The van der Waals surface area contributed by atoms with Crippen LogP contribution in [0.5, 0.6) is 0 Å². The van der Waals surface area contributed by atoms with E-state index in [9.17, 15) is 14.4 Å². The van der Waals surface area contributed by atoms with Crippen LogP contribution in [0.4, 0.5) is 11.4 Å². The van der Waals surface area contributed by atoms with Gasteiger partial charge < -0.3 is 15.4 Å². The van der Waals surface area contributed by atoms with Crippen molar-refractivity contribution in [2.75, 3.05) is 17.7 Å². The molecule has 0 spiro atoms. The van der Waals surface area contributed by atoms with Crippen molar-refractivity contribution < 1.29 is 19.1 Å². The molecular weight excluding hydrogens is 430 g/mol. The lowest BCUT2D eigenvalue weighted by Crippen LogP contribution is -2.18. The Hall–Kier alpha value is -4.44. The maximum Gasteiger partial charge on any atom is 0.337 e. The van der Waals surface area contributed by atoms with Crippen molar-refractivity contribution in [2.24, 2.45) is 0 Å². The molecule has 0 heterocycles. The van der Waals surface area contributed by atoms with E-state index in [1.807, 2.05) is 18.2 Å². The van der Waals surface area contributed by atoms with Gasteiger partial charge in [0, 0.05) is 11.1 Å². The molecule has 7 nitrogen and oxygen atoms in total. The summed E-state index contributed by atoms with van der Waals surface area (Å²) in [6.07, 6.45) is 0. The van der Waals surface area contributed by atoms with Gasteiger partial charge in [0.1, 0.15) is 0 Å². The molecule has 0 radical (unpaired) electrons. The SMILES string of the molecule is COC(=O)c1ccc(NC(=O)c2cccc(C#N)c2)c(NC(=O)c2ccc(C(C)(C)C)cc2)c1. The number of nitrogens with zero attached hydrogens (tertiary/aromatic N) is 1. The minimum absolute atomic E-state index is 0.0514. The molecule has 0 saturated carbocycles. The van der Waals surface area contributed by atoms with Crippen LogP contribution in [0.1, 0.15) is 63.0 Å². The lowest BCUT2D eigenvalue weighted by molar-refractivity contribution is 0.0600. The molecule has 0 aliphatic carbocycles. The van der Waals surface area contributed by atoms with Crippen molar-refractivity contribution in [1.82, 2.24) is 0 Å². The van der Waals surface area contributed by atoms with E-state index in [2.05, 4.69) is 31.4 Å². The van der Waals surface area contributed by atoms with E-state index in [1.54, 1.807) is 30.3 Å². The maximum atomic E-state index is 12.9. The Bertz CT molecular complexity index is 1280. The van der Waals surface area contributed by atoms with Gasteiger partial charge >= 0.3 is 5.97 Å². The number of carbonyl (C=O) groups is 3. The van der Waals surface area contributed by atoms with Gasteiger partial charge in [-0.2, -0.15) is 5.26 Å². The summed E-state index contributed by atoms with van der Waals surface area (Å²) in [5.74, 6) is -1.44. The zero-order valence-corrected chi connectivity index (χ0v) is 19.4. The quantitative estimate of drug-likeness (QED) is 0.518. The monoisotopic (exact) mass is 455 g/mol.